The van der Waals surface area contributed by atoms with E-state index in [0.717, 1.165) is 95.8 Å². The highest BCUT2D eigenvalue weighted by Crippen LogP contribution is 2.61. The standard InChI is InChI=1S/C31H32BrN7O3.C20H28BrN3O3.C16H14N4O3.C15H20BrN3O/c1-5-6-19-9-26(32)35-27(10-19)36-30(42)24-12-31(4)13-25(31)39(24)28(41)16-38-23-8-7-20(21-14-33-18(3)34-15-21)11-22(23)29(37-38)17(2)40;1-6-7-12-8-15(21)22-16(9-12)23-17(25)13-10-20(5)11-14(20)24(13)18(26)27-19(2,3)4;1-9(21)16-13-5-11(12-6-17-10(2)18-7-12)3-4-14(13)20(19-16)8-15(22)23;1-3-4-9-5-12(16)18-13(6-9)19-14(20)10-7-15(2)8-11(15)17-10/h7-11,14-15,24-25H,5-6,12-13,16H2,1-4H3,(H,35,36,42);8-9,13-14H,6-7,10-11H2,1-5H3,(H,22,23,25);3-7H,8H2,1-2H3,(H,22,23);5-6,10-11,17H,3-4,7-8H2,1-2H3,(H,18,19,20)/t24-,25+,31-;13-,14+,20-;;10-,11+,15-/m00.0/s1. The molecule has 0 spiro atoms. The third kappa shape index (κ3) is 19.0. The van der Waals surface area contributed by atoms with Gasteiger partial charge in [-0.25, -0.2) is 39.7 Å². The second kappa shape index (κ2) is 33.2. The molecule has 6 aliphatic rings. The molecule has 27 nitrogen and oxygen atoms in total. The van der Waals surface area contributed by atoms with Gasteiger partial charge in [0.2, 0.25) is 23.6 Å². The molecule has 0 unspecified atom stereocenters. The number of aryl methyl sites for hydroxylation is 5. The van der Waals surface area contributed by atoms with Crippen LogP contribution in [0.4, 0.5) is 22.2 Å². The number of benzene rings is 2. The fourth-order valence-electron chi connectivity index (χ4n) is 15.4. The lowest BCUT2D eigenvalue weighted by molar-refractivity contribution is -0.138. The number of rotatable bonds is 20. The van der Waals surface area contributed by atoms with Crippen molar-refractivity contribution in [3.8, 4) is 22.3 Å². The number of hydrogen-bond acceptors (Lipinski definition) is 19. The quantitative estimate of drug-likeness (QED) is 0.0349. The number of aliphatic carboxylic acids is 1. The van der Waals surface area contributed by atoms with Crippen LogP contribution in [-0.2, 0) is 61.1 Å². The lowest BCUT2D eigenvalue weighted by Crippen LogP contribution is -2.47. The number of anilines is 3. The molecule has 2 aromatic carbocycles. The molecule has 0 radical (unpaired) electrons. The van der Waals surface area contributed by atoms with Crippen molar-refractivity contribution >= 4 is 134 Å². The number of fused-ring (bicyclic) bond motifs is 5. The summed E-state index contributed by atoms with van der Waals surface area (Å²) in [4.78, 5) is 134. The van der Waals surface area contributed by atoms with Crippen molar-refractivity contribution in [3.63, 3.8) is 0 Å². The monoisotopic (exact) mass is 1710 g/mol. The minimum Gasteiger partial charge on any atom is -0.480 e. The first-order chi connectivity index (χ1) is 53.0. The summed E-state index contributed by atoms with van der Waals surface area (Å²) in [6.45, 7) is 24.5. The number of piperidine rings is 3. The van der Waals surface area contributed by atoms with Gasteiger partial charge in [-0.1, -0.05) is 72.9 Å². The predicted octanol–water partition coefficient (Wildman–Crippen LogP) is 14.6. The van der Waals surface area contributed by atoms with E-state index in [1.807, 2.05) is 94.4 Å². The molecule has 3 saturated carbocycles. The van der Waals surface area contributed by atoms with Gasteiger partial charge in [-0.3, -0.25) is 47.8 Å². The average Bonchev–Trinajstić information content (AvgIpc) is 1.54. The Morgan fingerprint density at radius 2 is 0.929 bits per heavy atom. The Balaban J connectivity index is 0.000000145. The summed E-state index contributed by atoms with van der Waals surface area (Å²) >= 11 is 10.2. The lowest BCUT2D eigenvalue weighted by Gasteiger charge is -2.29. The summed E-state index contributed by atoms with van der Waals surface area (Å²) in [6.07, 6.45) is 17.5. The highest BCUT2D eigenvalue weighted by molar-refractivity contribution is 9.11. The third-order valence-corrected chi connectivity index (χ3v) is 22.6. The topological polar surface area (TPSA) is 346 Å². The van der Waals surface area contributed by atoms with Gasteiger partial charge < -0.3 is 36.0 Å². The molecule has 15 rings (SSSR count). The van der Waals surface area contributed by atoms with E-state index in [1.54, 1.807) is 52.3 Å². The zero-order valence-corrected chi connectivity index (χ0v) is 69.9. The number of carbonyl (C=O) groups is 8. The molecule has 9 atom stereocenters. The van der Waals surface area contributed by atoms with Gasteiger partial charge in [0.1, 0.15) is 85.1 Å². The smallest absolute Gasteiger partial charge is 0.411 e. The van der Waals surface area contributed by atoms with Crippen LogP contribution in [0, 0.1) is 30.1 Å². The van der Waals surface area contributed by atoms with Crippen LogP contribution in [0.3, 0.4) is 0 Å². The minimum atomic E-state index is -1.01. The van der Waals surface area contributed by atoms with E-state index in [9.17, 15) is 38.4 Å². The zero-order valence-electron chi connectivity index (χ0n) is 65.2. The molecule has 5 amide bonds. The maximum atomic E-state index is 13.9. The van der Waals surface area contributed by atoms with Gasteiger partial charge >= 0.3 is 12.1 Å². The molecule has 5 N–H and O–H groups in total. The van der Waals surface area contributed by atoms with Crippen molar-refractivity contribution in [2.45, 2.75) is 222 Å². The van der Waals surface area contributed by atoms with Gasteiger partial charge in [0.15, 0.2) is 11.6 Å². The number of likely N-dealkylation sites (tertiary alicyclic amines) is 2. The van der Waals surface area contributed by atoms with Gasteiger partial charge in [0.25, 0.3) is 0 Å². The second-order valence-corrected chi connectivity index (χ2v) is 34.4. The van der Waals surface area contributed by atoms with E-state index in [0.29, 0.717) is 90.1 Å². The summed E-state index contributed by atoms with van der Waals surface area (Å²) in [7, 11) is 0. The van der Waals surface area contributed by atoms with Gasteiger partial charge in [-0.15, -0.1) is 0 Å². The fourth-order valence-corrected chi connectivity index (χ4v) is 16.9. The number of pyridine rings is 3. The molecule has 3 saturated heterocycles. The summed E-state index contributed by atoms with van der Waals surface area (Å²) in [6, 6.07) is 22.1. The Morgan fingerprint density at radius 1 is 0.527 bits per heavy atom. The molecule has 588 valence electrons. The molecule has 7 aromatic heterocycles. The number of aromatic nitrogens is 11. The van der Waals surface area contributed by atoms with E-state index in [4.69, 9.17) is 9.84 Å². The molecular formula is C82H94Br3N17O10. The summed E-state index contributed by atoms with van der Waals surface area (Å²) in [5, 5.41) is 31.1. The molecule has 112 heavy (non-hydrogen) atoms. The number of carboxylic acids is 1. The number of carbonyl (C=O) groups excluding carboxylic acids is 7. The van der Waals surface area contributed by atoms with E-state index in [1.165, 1.54) is 30.5 Å². The number of halogens is 3. The number of carboxylic acid groups (broad SMARTS) is 1. The molecular weight excluding hydrogens is 1620 g/mol. The Bertz CT molecular complexity index is 5170. The molecule has 6 fully saturated rings. The first-order valence-electron chi connectivity index (χ1n) is 37.9. The maximum absolute atomic E-state index is 13.9. The van der Waals surface area contributed by atoms with Crippen LogP contribution in [0.1, 0.15) is 183 Å². The lowest BCUT2D eigenvalue weighted by atomic mass is 10.0. The number of ether oxygens (including phenoxy) is 1. The number of nitrogens with zero attached hydrogens (tertiary/aromatic N) is 13. The molecule has 3 aliphatic heterocycles. The molecule has 9 aromatic rings. The van der Waals surface area contributed by atoms with Crippen LogP contribution in [0.5, 0.6) is 0 Å². The van der Waals surface area contributed by atoms with E-state index in [2.05, 4.69) is 156 Å². The van der Waals surface area contributed by atoms with Gasteiger partial charge in [0, 0.05) is 78.7 Å². The van der Waals surface area contributed by atoms with E-state index < -0.39 is 29.7 Å². The highest BCUT2D eigenvalue weighted by Gasteiger charge is 2.66. The third-order valence-electron chi connectivity index (χ3n) is 21.4. The van der Waals surface area contributed by atoms with E-state index >= 15 is 0 Å². The van der Waals surface area contributed by atoms with Crippen molar-refractivity contribution in [1.29, 1.82) is 0 Å². The van der Waals surface area contributed by atoms with Crippen molar-refractivity contribution in [1.82, 2.24) is 69.6 Å². The van der Waals surface area contributed by atoms with Crippen LogP contribution in [0.2, 0.25) is 0 Å². The first-order valence-corrected chi connectivity index (χ1v) is 40.3. The van der Waals surface area contributed by atoms with Crippen LogP contribution in [0.15, 0.2) is 111 Å². The molecule has 0 bridgehead atoms. The Kier molecular flexibility index (Phi) is 24.3. The van der Waals surface area contributed by atoms with Crippen LogP contribution in [-0.4, -0.2) is 158 Å². The summed E-state index contributed by atoms with van der Waals surface area (Å²) in [5.74, 6) is 0.920. The Hall–Kier alpha value is -9.65. The van der Waals surface area contributed by atoms with Crippen LogP contribution < -0.4 is 21.3 Å². The number of hydrogen-bond donors (Lipinski definition) is 5. The average molecular weight is 1720 g/mol. The number of nitrogens with one attached hydrogen (secondary N) is 4. The Morgan fingerprint density at radius 3 is 1.31 bits per heavy atom. The largest absolute Gasteiger partial charge is 0.480 e. The van der Waals surface area contributed by atoms with Crippen LogP contribution >= 0.6 is 47.8 Å². The SMILES string of the molecule is CC(=O)c1nn(CC(=O)O)c2ccc(-c3cnc(C)nc3)cc12.CCCc1cc(Br)nc(NC(=O)[C@@H]2C[C@@]3(C)C[C@H]3N2)c1.CCCc1cc(Br)nc(NC(=O)[C@@H]2C[C@@]3(C)C[C@H]3N2C(=O)Cn2nc(C(C)=O)c3cc(-c4cnc(C)nc4)ccc32)c1.CCCc1cc(Br)nc(NC(=O)[C@@H]2C[C@@]3(C)C[C@H]3N2C(=O)OC(C)(C)C)c1. The maximum Gasteiger partial charge on any atom is 0.411 e. The highest BCUT2D eigenvalue weighted by atomic mass is 79.9. The number of Topliss-reactive ketones (excluding diaryl/α,β-unsaturated/α-hetero) is 2. The van der Waals surface area contributed by atoms with Crippen molar-refractivity contribution in [2.24, 2.45) is 16.2 Å². The first kappa shape index (κ1) is 81.8. The van der Waals surface area contributed by atoms with Gasteiger partial charge in [-0.2, -0.15) is 10.2 Å². The fraction of sp³-hybridized carbons (Fsp3) is 0.451. The second-order valence-electron chi connectivity index (χ2n) is 32.0. The predicted molar refractivity (Wildman–Crippen MR) is 435 cm³/mol. The van der Waals surface area contributed by atoms with Crippen molar-refractivity contribution < 1.29 is 48.2 Å². The van der Waals surface area contributed by atoms with Gasteiger partial charge in [-0.05, 0) is 245 Å². The van der Waals surface area contributed by atoms with E-state index in [-0.39, 0.29) is 82.9 Å². The minimum absolute atomic E-state index is 0.00545. The van der Waals surface area contributed by atoms with Crippen molar-refractivity contribution in [3.05, 3.63) is 151 Å². The molecule has 10 heterocycles. The number of ketones is 2. The normalized spacial score (nSPS) is 22.0. The summed E-state index contributed by atoms with van der Waals surface area (Å²) < 4.78 is 10.6. The molecule has 3 aliphatic carbocycles. The summed E-state index contributed by atoms with van der Waals surface area (Å²) in [5.41, 5.74) is 8.23. The number of amides is 5. The molecule has 30 heteroatoms. The zero-order chi connectivity index (χ0) is 80.6. The van der Waals surface area contributed by atoms with Gasteiger partial charge in [0.05, 0.1) is 17.1 Å². The van der Waals surface area contributed by atoms with Crippen LogP contribution in [0.25, 0.3) is 44.1 Å². The van der Waals surface area contributed by atoms with Crippen molar-refractivity contribution in [2.75, 3.05) is 16.0 Å². The Labute approximate surface area is 675 Å².